The molecule has 0 aliphatic carbocycles. The molecule has 2 N–H and O–H groups in total. The molecule has 1 amide bonds. The van der Waals surface area contributed by atoms with E-state index in [1.165, 1.54) is 0 Å². The zero-order valence-corrected chi connectivity index (χ0v) is 14.3. The molecule has 0 spiro atoms. The molecule has 0 saturated carbocycles. The van der Waals surface area contributed by atoms with Gasteiger partial charge in [0.15, 0.2) is 11.5 Å². The molecule has 0 bridgehead atoms. The van der Waals surface area contributed by atoms with Gasteiger partial charge in [0, 0.05) is 11.8 Å². The number of amides is 1. The molecule has 27 heavy (non-hydrogen) atoms. The number of hydrogen-bond donors (Lipinski definition) is 2. The van der Waals surface area contributed by atoms with Crippen molar-refractivity contribution in [1.29, 1.82) is 0 Å². The number of aromatic nitrogens is 4. The van der Waals surface area contributed by atoms with Crippen molar-refractivity contribution in [3.63, 3.8) is 0 Å². The molecule has 2 heterocycles. The fourth-order valence-corrected chi connectivity index (χ4v) is 2.49. The SMILES string of the molecule is Cc1cccc(NC(=O)c2cnn(-c3ccc(=O)[nH]n3)c2C(F)(F)F)c1C. The second kappa shape index (κ2) is 6.71. The highest BCUT2D eigenvalue weighted by atomic mass is 19.4. The van der Waals surface area contributed by atoms with Crippen LogP contribution in [-0.2, 0) is 6.18 Å². The van der Waals surface area contributed by atoms with Crippen LogP contribution in [0.4, 0.5) is 18.9 Å². The van der Waals surface area contributed by atoms with Crippen molar-refractivity contribution in [2.75, 3.05) is 5.32 Å². The van der Waals surface area contributed by atoms with E-state index in [1.54, 1.807) is 19.1 Å². The van der Waals surface area contributed by atoms with E-state index < -0.39 is 28.9 Å². The van der Waals surface area contributed by atoms with Gasteiger partial charge in [-0.2, -0.15) is 23.4 Å². The number of nitrogens with one attached hydrogen (secondary N) is 2. The third kappa shape index (κ3) is 3.59. The van der Waals surface area contributed by atoms with Crippen LogP contribution in [0.3, 0.4) is 0 Å². The monoisotopic (exact) mass is 377 g/mol. The number of nitrogens with zero attached hydrogens (tertiary/aromatic N) is 3. The number of aryl methyl sites for hydroxylation is 1. The lowest BCUT2D eigenvalue weighted by molar-refractivity contribution is -0.143. The normalized spacial score (nSPS) is 11.4. The lowest BCUT2D eigenvalue weighted by Crippen LogP contribution is -2.22. The maximum Gasteiger partial charge on any atom is 0.434 e. The van der Waals surface area contributed by atoms with Crippen LogP contribution in [0.5, 0.6) is 0 Å². The van der Waals surface area contributed by atoms with Crippen LogP contribution in [0, 0.1) is 13.8 Å². The van der Waals surface area contributed by atoms with Gasteiger partial charge < -0.3 is 5.32 Å². The minimum absolute atomic E-state index is 0.271. The van der Waals surface area contributed by atoms with Crippen molar-refractivity contribution in [2.45, 2.75) is 20.0 Å². The number of rotatable bonds is 3. The zero-order valence-electron chi connectivity index (χ0n) is 14.3. The Morgan fingerprint density at radius 1 is 1.19 bits per heavy atom. The van der Waals surface area contributed by atoms with Crippen LogP contribution in [0.2, 0.25) is 0 Å². The average molecular weight is 377 g/mol. The predicted octanol–water partition coefficient (Wildman–Crippen LogP) is 2.84. The summed E-state index contributed by atoms with van der Waals surface area (Å²) in [6.07, 6.45) is -4.06. The molecule has 0 aliphatic heterocycles. The molecule has 3 aromatic rings. The summed E-state index contributed by atoms with van der Waals surface area (Å²) in [4.78, 5) is 23.6. The van der Waals surface area contributed by atoms with Crippen molar-refractivity contribution in [1.82, 2.24) is 20.0 Å². The number of halogens is 3. The number of hydrogen-bond acceptors (Lipinski definition) is 4. The molecule has 0 unspecified atom stereocenters. The van der Waals surface area contributed by atoms with Crippen LogP contribution < -0.4 is 10.9 Å². The summed E-state index contributed by atoms with van der Waals surface area (Å²) in [7, 11) is 0. The van der Waals surface area contributed by atoms with Crippen LogP contribution in [0.25, 0.3) is 5.82 Å². The first kappa shape index (κ1) is 18.4. The van der Waals surface area contributed by atoms with E-state index in [-0.39, 0.29) is 5.82 Å². The first-order chi connectivity index (χ1) is 12.7. The Kier molecular flexibility index (Phi) is 4.56. The molecule has 140 valence electrons. The quantitative estimate of drug-likeness (QED) is 0.734. The molecular formula is C17H14F3N5O2. The van der Waals surface area contributed by atoms with Gasteiger partial charge in [-0.25, -0.2) is 9.78 Å². The van der Waals surface area contributed by atoms with Crippen molar-refractivity contribution < 1.29 is 18.0 Å². The first-order valence-corrected chi connectivity index (χ1v) is 7.77. The second-order valence-electron chi connectivity index (χ2n) is 5.80. The van der Waals surface area contributed by atoms with Crippen molar-refractivity contribution in [2.24, 2.45) is 0 Å². The molecule has 0 aliphatic rings. The van der Waals surface area contributed by atoms with Gasteiger partial charge in [0.05, 0.1) is 11.8 Å². The summed E-state index contributed by atoms with van der Waals surface area (Å²) in [5.41, 5.74) is -0.484. The fourth-order valence-electron chi connectivity index (χ4n) is 2.49. The van der Waals surface area contributed by atoms with E-state index in [2.05, 4.69) is 15.5 Å². The number of benzene rings is 1. The summed E-state index contributed by atoms with van der Waals surface area (Å²) in [5.74, 6) is -1.22. The van der Waals surface area contributed by atoms with Crippen LogP contribution in [0.15, 0.2) is 41.3 Å². The summed E-state index contributed by atoms with van der Waals surface area (Å²) in [6, 6.07) is 7.21. The number of carbonyl (C=O) groups excluding carboxylic acids is 1. The number of alkyl halides is 3. The lowest BCUT2D eigenvalue weighted by Gasteiger charge is -2.13. The van der Waals surface area contributed by atoms with Gasteiger partial charge in [-0.1, -0.05) is 12.1 Å². The van der Waals surface area contributed by atoms with Gasteiger partial charge in [-0.05, 0) is 37.1 Å². The van der Waals surface area contributed by atoms with Gasteiger partial charge >= 0.3 is 6.18 Å². The Hall–Kier alpha value is -3.43. The van der Waals surface area contributed by atoms with Gasteiger partial charge in [0.25, 0.3) is 11.5 Å². The Morgan fingerprint density at radius 2 is 1.93 bits per heavy atom. The molecule has 7 nitrogen and oxygen atoms in total. The van der Waals surface area contributed by atoms with E-state index in [4.69, 9.17) is 0 Å². The molecule has 0 fully saturated rings. The van der Waals surface area contributed by atoms with Crippen molar-refractivity contribution >= 4 is 11.6 Å². The molecule has 2 aromatic heterocycles. The highest BCUT2D eigenvalue weighted by Crippen LogP contribution is 2.33. The number of aromatic amines is 1. The van der Waals surface area contributed by atoms with Crippen molar-refractivity contribution in [3.8, 4) is 5.82 Å². The highest BCUT2D eigenvalue weighted by Gasteiger charge is 2.41. The number of H-pyrrole nitrogens is 1. The van der Waals surface area contributed by atoms with E-state index in [0.717, 1.165) is 29.5 Å². The number of anilines is 1. The Balaban J connectivity index is 2.05. The fraction of sp³-hybridized carbons (Fsp3) is 0.176. The minimum Gasteiger partial charge on any atom is -0.322 e. The van der Waals surface area contributed by atoms with Crippen LogP contribution in [-0.4, -0.2) is 25.9 Å². The maximum atomic E-state index is 13.6. The summed E-state index contributed by atoms with van der Waals surface area (Å²) in [5, 5.41) is 11.7. The molecular weight excluding hydrogens is 363 g/mol. The van der Waals surface area contributed by atoms with Crippen LogP contribution in [0.1, 0.15) is 27.2 Å². The molecule has 10 heteroatoms. The Labute approximate surface area is 150 Å². The van der Waals surface area contributed by atoms with Gasteiger partial charge in [-0.3, -0.25) is 9.59 Å². The van der Waals surface area contributed by atoms with Gasteiger partial charge in [0.1, 0.15) is 0 Å². The van der Waals surface area contributed by atoms with Crippen molar-refractivity contribution in [3.05, 3.63) is 69.3 Å². The standard InChI is InChI=1S/C17H14F3N5O2/c1-9-4-3-5-12(10(9)2)22-16(27)11-8-21-25(15(11)17(18,19)20)13-6-7-14(26)24-23-13/h3-8H,1-2H3,(H,22,27)(H,24,26). The van der Waals surface area contributed by atoms with Crippen LogP contribution >= 0.6 is 0 Å². The second-order valence-corrected chi connectivity index (χ2v) is 5.80. The van der Waals surface area contributed by atoms with Gasteiger partial charge in [-0.15, -0.1) is 0 Å². The summed E-state index contributed by atoms with van der Waals surface area (Å²) in [6.45, 7) is 3.58. The first-order valence-electron chi connectivity index (χ1n) is 7.77. The molecule has 0 saturated heterocycles. The maximum absolute atomic E-state index is 13.6. The highest BCUT2D eigenvalue weighted by molar-refractivity contribution is 6.05. The predicted molar refractivity (Wildman–Crippen MR) is 90.9 cm³/mol. The molecule has 0 atom stereocenters. The summed E-state index contributed by atoms with van der Waals surface area (Å²) < 4.78 is 41.3. The Morgan fingerprint density at radius 3 is 2.56 bits per heavy atom. The third-order valence-corrected chi connectivity index (χ3v) is 4.02. The average Bonchev–Trinajstić information content (AvgIpc) is 3.05. The van der Waals surface area contributed by atoms with E-state index in [9.17, 15) is 22.8 Å². The lowest BCUT2D eigenvalue weighted by atomic mass is 10.1. The zero-order chi connectivity index (χ0) is 19.8. The molecule has 0 radical (unpaired) electrons. The minimum atomic E-state index is -4.87. The van der Waals surface area contributed by atoms with E-state index in [1.807, 2.05) is 18.1 Å². The summed E-state index contributed by atoms with van der Waals surface area (Å²) >= 11 is 0. The topological polar surface area (TPSA) is 92.7 Å². The van der Waals surface area contributed by atoms with E-state index in [0.29, 0.717) is 10.4 Å². The van der Waals surface area contributed by atoms with Gasteiger partial charge in [0.2, 0.25) is 0 Å². The number of carbonyl (C=O) groups is 1. The molecule has 1 aromatic carbocycles. The third-order valence-electron chi connectivity index (χ3n) is 4.02. The largest absolute Gasteiger partial charge is 0.434 e. The Bertz CT molecular complexity index is 1050. The smallest absolute Gasteiger partial charge is 0.322 e. The van der Waals surface area contributed by atoms with E-state index >= 15 is 0 Å². The molecule has 3 rings (SSSR count).